The summed E-state index contributed by atoms with van der Waals surface area (Å²) in [5.74, 6) is -1.44. The third-order valence-corrected chi connectivity index (χ3v) is 2.43. The highest BCUT2D eigenvalue weighted by atomic mass is 16.5. The molecule has 0 saturated carbocycles. The predicted molar refractivity (Wildman–Crippen MR) is 71.6 cm³/mol. The van der Waals surface area contributed by atoms with Gasteiger partial charge in [0, 0.05) is 0 Å². The zero-order chi connectivity index (χ0) is 15.1. The summed E-state index contributed by atoms with van der Waals surface area (Å²) in [6.07, 6.45) is 0.965. The van der Waals surface area contributed by atoms with E-state index in [1.54, 1.807) is 18.2 Å². The van der Waals surface area contributed by atoms with Gasteiger partial charge in [0.05, 0.1) is 31.5 Å². The zero-order valence-corrected chi connectivity index (χ0v) is 11.4. The number of rotatable bonds is 4. The van der Waals surface area contributed by atoms with Crippen LogP contribution in [0.3, 0.4) is 0 Å². The molecule has 0 aliphatic heterocycles. The molecule has 0 unspecified atom stereocenters. The molecule has 6 nitrogen and oxygen atoms in total. The third kappa shape index (κ3) is 3.85. The largest absolute Gasteiger partial charge is 0.466 e. The fourth-order valence-electron chi connectivity index (χ4n) is 1.44. The Kier molecular flexibility index (Phi) is 5.30. The minimum absolute atomic E-state index is 0.111. The van der Waals surface area contributed by atoms with Crippen LogP contribution in [0.4, 0.5) is 5.69 Å². The maximum Gasteiger partial charge on any atom is 0.354 e. The Bertz CT molecular complexity index is 600. The van der Waals surface area contributed by atoms with Crippen molar-refractivity contribution in [2.75, 3.05) is 19.5 Å². The van der Waals surface area contributed by atoms with E-state index in [1.165, 1.54) is 14.2 Å². The van der Waals surface area contributed by atoms with Crippen molar-refractivity contribution < 1.29 is 19.1 Å². The molecule has 0 spiro atoms. The smallest absolute Gasteiger partial charge is 0.354 e. The number of carbonyl (C=O) groups is 2. The second kappa shape index (κ2) is 6.95. The number of hydrogen-bond donors (Lipinski definition) is 1. The monoisotopic (exact) mass is 274 g/mol. The molecule has 0 aromatic heterocycles. The Labute approximate surface area is 116 Å². The quantitative estimate of drug-likeness (QED) is 0.661. The highest BCUT2D eigenvalue weighted by Gasteiger charge is 2.14. The van der Waals surface area contributed by atoms with E-state index in [9.17, 15) is 9.59 Å². The highest BCUT2D eigenvalue weighted by Crippen LogP contribution is 2.18. The molecule has 0 amide bonds. The molecule has 0 heterocycles. The predicted octanol–water partition coefficient (Wildman–Crippen LogP) is 1.51. The average Bonchev–Trinajstić information content (AvgIpc) is 2.46. The number of anilines is 1. The van der Waals surface area contributed by atoms with Crippen LogP contribution in [0.1, 0.15) is 11.1 Å². The lowest BCUT2D eigenvalue weighted by Crippen LogP contribution is -2.16. The van der Waals surface area contributed by atoms with Gasteiger partial charge in [-0.25, -0.2) is 9.59 Å². The summed E-state index contributed by atoms with van der Waals surface area (Å²) < 4.78 is 9.03. The number of methoxy groups -OCH3 is 2. The summed E-state index contributed by atoms with van der Waals surface area (Å²) in [5, 5.41) is 11.8. The molecule has 1 aromatic rings. The van der Waals surface area contributed by atoms with Crippen LogP contribution < -0.4 is 5.32 Å². The van der Waals surface area contributed by atoms with Gasteiger partial charge in [0.2, 0.25) is 0 Å². The van der Waals surface area contributed by atoms with Gasteiger partial charge in [-0.3, -0.25) is 0 Å². The van der Waals surface area contributed by atoms with Crippen LogP contribution >= 0.6 is 0 Å². The molecule has 1 N–H and O–H groups in total. The first-order chi connectivity index (χ1) is 9.51. The molecular weight excluding hydrogens is 260 g/mol. The van der Waals surface area contributed by atoms with Crippen molar-refractivity contribution in [2.45, 2.75) is 6.92 Å². The Hall–Kier alpha value is -2.81. The number of nitriles is 1. The average molecular weight is 274 g/mol. The van der Waals surface area contributed by atoms with Gasteiger partial charge in [-0.2, -0.15) is 5.26 Å². The van der Waals surface area contributed by atoms with Gasteiger partial charge >= 0.3 is 11.9 Å². The lowest BCUT2D eigenvalue weighted by atomic mass is 10.1. The molecule has 104 valence electrons. The first-order valence-corrected chi connectivity index (χ1v) is 5.67. The van der Waals surface area contributed by atoms with Gasteiger partial charge < -0.3 is 14.8 Å². The molecule has 0 radical (unpaired) electrons. The van der Waals surface area contributed by atoms with Gasteiger partial charge in [0.1, 0.15) is 11.8 Å². The molecular formula is C14H14N2O4. The summed E-state index contributed by atoms with van der Waals surface area (Å²) in [7, 11) is 2.38. The molecule has 1 aromatic carbocycles. The van der Waals surface area contributed by atoms with Crippen molar-refractivity contribution in [1.82, 2.24) is 0 Å². The molecule has 0 aliphatic carbocycles. The van der Waals surface area contributed by atoms with Crippen molar-refractivity contribution in [3.05, 3.63) is 41.1 Å². The number of nitrogens with one attached hydrogen (secondary N) is 1. The number of benzene rings is 1. The van der Waals surface area contributed by atoms with Crippen LogP contribution in [0.15, 0.2) is 30.0 Å². The minimum atomic E-state index is -0.736. The van der Waals surface area contributed by atoms with Crippen LogP contribution in [0.25, 0.3) is 0 Å². The van der Waals surface area contributed by atoms with Gasteiger partial charge in [0.15, 0.2) is 0 Å². The molecule has 6 heteroatoms. The van der Waals surface area contributed by atoms with E-state index in [1.807, 2.05) is 13.0 Å². The van der Waals surface area contributed by atoms with Crippen LogP contribution in [-0.4, -0.2) is 26.2 Å². The van der Waals surface area contributed by atoms with E-state index in [4.69, 9.17) is 5.26 Å². The molecule has 0 fully saturated rings. The molecule has 20 heavy (non-hydrogen) atoms. The van der Waals surface area contributed by atoms with Gasteiger partial charge in [-0.15, -0.1) is 0 Å². The van der Waals surface area contributed by atoms with E-state index in [0.717, 1.165) is 11.6 Å². The molecule has 0 bridgehead atoms. The van der Waals surface area contributed by atoms with Crippen molar-refractivity contribution in [2.24, 2.45) is 0 Å². The van der Waals surface area contributed by atoms with Crippen LogP contribution in [-0.2, 0) is 19.1 Å². The first-order valence-electron chi connectivity index (χ1n) is 5.67. The van der Waals surface area contributed by atoms with Gasteiger partial charge in [0.25, 0.3) is 0 Å². The number of ether oxygens (including phenoxy) is 2. The SMILES string of the molecule is COC(=O)/C=C(/Nc1ccc(C)cc1C#N)C(=O)OC. The Morgan fingerprint density at radius 1 is 1.30 bits per heavy atom. The van der Waals surface area contributed by atoms with Gasteiger partial charge in [-0.05, 0) is 24.6 Å². The Morgan fingerprint density at radius 2 is 2.00 bits per heavy atom. The second-order valence-corrected chi connectivity index (χ2v) is 3.86. The number of aryl methyl sites for hydroxylation is 1. The number of carbonyl (C=O) groups excluding carboxylic acids is 2. The molecule has 0 aliphatic rings. The number of nitrogens with zero attached hydrogens (tertiary/aromatic N) is 1. The fraction of sp³-hybridized carbons (Fsp3) is 0.214. The lowest BCUT2D eigenvalue weighted by Gasteiger charge is -2.10. The maximum atomic E-state index is 11.6. The minimum Gasteiger partial charge on any atom is -0.466 e. The molecule has 0 atom stereocenters. The van der Waals surface area contributed by atoms with Crippen molar-refractivity contribution in [3.8, 4) is 6.07 Å². The van der Waals surface area contributed by atoms with Crippen molar-refractivity contribution >= 4 is 17.6 Å². The van der Waals surface area contributed by atoms with E-state index >= 15 is 0 Å². The Balaban J connectivity index is 3.14. The van der Waals surface area contributed by atoms with E-state index in [2.05, 4.69) is 14.8 Å². The zero-order valence-electron chi connectivity index (χ0n) is 11.4. The summed E-state index contributed by atoms with van der Waals surface area (Å²) in [5.41, 5.74) is 1.55. The molecule has 1 rings (SSSR count). The second-order valence-electron chi connectivity index (χ2n) is 3.86. The van der Waals surface area contributed by atoms with Crippen LogP contribution in [0.2, 0.25) is 0 Å². The lowest BCUT2D eigenvalue weighted by molar-refractivity contribution is -0.138. The normalized spacial score (nSPS) is 10.4. The summed E-state index contributed by atoms with van der Waals surface area (Å²) >= 11 is 0. The first kappa shape index (κ1) is 15.2. The van der Waals surface area contributed by atoms with Crippen LogP contribution in [0, 0.1) is 18.3 Å². The summed E-state index contributed by atoms with van der Waals surface area (Å²) in [6.45, 7) is 1.84. The van der Waals surface area contributed by atoms with Crippen molar-refractivity contribution in [1.29, 1.82) is 5.26 Å². The fourth-order valence-corrected chi connectivity index (χ4v) is 1.44. The van der Waals surface area contributed by atoms with E-state index < -0.39 is 11.9 Å². The van der Waals surface area contributed by atoms with Crippen LogP contribution in [0.5, 0.6) is 0 Å². The summed E-state index contributed by atoms with van der Waals surface area (Å²) in [4.78, 5) is 22.8. The molecule has 0 saturated heterocycles. The standard InChI is InChI=1S/C14H14N2O4/c1-9-4-5-11(10(6-9)8-15)16-12(14(18)20-3)7-13(17)19-2/h4-7,16H,1-3H3/b12-7+. The highest BCUT2D eigenvalue weighted by molar-refractivity contribution is 5.99. The van der Waals surface area contributed by atoms with Crippen molar-refractivity contribution in [3.63, 3.8) is 0 Å². The maximum absolute atomic E-state index is 11.6. The van der Waals surface area contributed by atoms with Gasteiger partial charge in [-0.1, -0.05) is 6.07 Å². The number of esters is 2. The third-order valence-electron chi connectivity index (χ3n) is 2.43. The topological polar surface area (TPSA) is 88.4 Å². The number of hydrogen-bond acceptors (Lipinski definition) is 6. The summed E-state index contributed by atoms with van der Waals surface area (Å²) in [6, 6.07) is 7.08. The Morgan fingerprint density at radius 3 is 2.55 bits per heavy atom. The van der Waals surface area contributed by atoms with E-state index in [0.29, 0.717) is 11.3 Å². The van der Waals surface area contributed by atoms with E-state index in [-0.39, 0.29) is 5.70 Å².